The third-order valence-corrected chi connectivity index (χ3v) is 4.01. The van der Waals surface area contributed by atoms with Gasteiger partial charge in [0.1, 0.15) is 0 Å². The van der Waals surface area contributed by atoms with Crippen molar-refractivity contribution >= 4 is 17.1 Å². The van der Waals surface area contributed by atoms with Crippen LogP contribution in [0.2, 0.25) is 0 Å². The van der Waals surface area contributed by atoms with E-state index in [4.69, 9.17) is 9.47 Å². The second kappa shape index (κ2) is 11.5. The van der Waals surface area contributed by atoms with Crippen molar-refractivity contribution in [1.82, 2.24) is 0 Å². The van der Waals surface area contributed by atoms with Gasteiger partial charge in [-0.05, 0) is 56.2 Å². The lowest BCUT2D eigenvalue weighted by atomic mass is 10.2. The molecule has 0 bridgehead atoms. The molecule has 0 radical (unpaired) electrons. The van der Waals surface area contributed by atoms with Crippen molar-refractivity contribution in [2.45, 2.75) is 34.0 Å². The molecule has 2 rings (SSSR count). The monoisotopic (exact) mass is 369 g/mol. The van der Waals surface area contributed by atoms with Crippen molar-refractivity contribution < 1.29 is 9.47 Å². The first-order valence-corrected chi connectivity index (χ1v) is 9.63. The fraction of sp³-hybridized carbons (Fsp3) is 0.455. The van der Waals surface area contributed by atoms with E-state index in [1.165, 1.54) is 0 Å². The van der Waals surface area contributed by atoms with E-state index < -0.39 is 0 Å². The minimum absolute atomic E-state index is 0.174. The zero-order chi connectivity index (χ0) is 19.5. The molecule has 0 heterocycles. The number of ether oxygens (including phenoxy) is 2. The summed E-state index contributed by atoms with van der Waals surface area (Å²) < 4.78 is 11.4. The molecule has 0 saturated carbocycles. The Balaban J connectivity index is 1.83. The quantitative estimate of drug-likeness (QED) is 0.362. The maximum atomic E-state index is 5.76. The van der Waals surface area contributed by atoms with Crippen molar-refractivity contribution in [3.8, 4) is 0 Å². The molecule has 5 heteroatoms. The van der Waals surface area contributed by atoms with E-state index in [0.717, 1.165) is 36.8 Å². The van der Waals surface area contributed by atoms with Crippen LogP contribution in [0.25, 0.3) is 0 Å². The Bertz CT molecular complexity index is 672. The van der Waals surface area contributed by atoms with Crippen molar-refractivity contribution in [2.75, 3.05) is 31.2 Å². The van der Waals surface area contributed by atoms with E-state index in [0.29, 0.717) is 12.5 Å². The molecule has 0 aliphatic carbocycles. The highest BCUT2D eigenvalue weighted by atomic mass is 16.7. The molecule has 5 nitrogen and oxygen atoms in total. The molecule has 27 heavy (non-hydrogen) atoms. The molecule has 0 aromatic heterocycles. The average molecular weight is 370 g/mol. The maximum Gasteiger partial charge on any atom is 0.154 e. The summed E-state index contributed by atoms with van der Waals surface area (Å²) >= 11 is 0. The summed E-state index contributed by atoms with van der Waals surface area (Å²) in [5.74, 6) is 0.515. The van der Waals surface area contributed by atoms with Gasteiger partial charge in [-0.15, -0.1) is 0 Å². The lowest BCUT2D eigenvalue weighted by Gasteiger charge is -2.24. The van der Waals surface area contributed by atoms with E-state index in [2.05, 4.69) is 48.0 Å². The predicted molar refractivity (Wildman–Crippen MR) is 111 cm³/mol. The van der Waals surface area contributed by atoms with Crippen LogP contribution in [0.15, 0.2) is 64.8 Å². The lowest BCUT2D eigenvalue weighted by molar-refractivity contribution is -0.134. The molecule has 0 spiro atoms. The molecule has 2 aromatic carbocycles. The molecule has 0 saturated heterocycles. The smallest absolute Gasteiger partial charge is 0.154 e. The standard InChI is InChI=1S/C22H31N3O2/c1-5-25(15-16-26-19(4)27-17-18(2)3)22-13-11-21(12-14-22)24-23-20-9-7-6-8-10-20/h6-14,18-19H,5,15-17H2,1-4H3/t19-/m1/s1. The second-order valence-electron chi connectivity index (χ2n) is 6.80. The van der Waals surface area contributed by atoms with Gasteiger partial charge < -0.3 is 14.4 Å². The molecular formula is C22H31N3O2. The minimum atomic E-state index is -0.174. The summed E-state index contributed by atoms with van der Waals surface area (Å²) in [5.41, 5.74) is 2.84. The third kappa shape index (κ3) is 7.89. The fourth-order valence-corrected chi connectivity index (χ4v) is 2.51. The first kappa shape index (κ1) is 21.1. The van der Waals surface area contributed by atoms with Gasteiger partial charge in [-0.2, -0.15) is 10.2 Å². The Hall–Kier alpha value is -2.24. The van der Waals surface area contributed by atoms with Crippen LogP contribution in [-0.4, -0.2) is 32.6 Å². The maximum absolute atomic E-state index is 5.76. The van der Waals surface area contributed by atoms with E-state index in [1.54, 1.807) is 0 Å². The fourth-order valence-electron chi connectivity index (χ4n) is 2.51. The van der Waals surface area contributed by atoms with E-state index in [1.807, 2.05) is 49.4 Å². The van der Waals surface area contributed by atoms with E-state index in [-0.39, 0.29) is 6.29 Å². The SMILES string of the molecule is CCN(CCO[C@@H](C)OCC(C)C)c1ccc(N=Nc2ccccc2)cc1. The summed E-state index contributed by atoms with van der Waals surface area (Å²) in [7, 11) is 0. The molecule has 1 atom stereocenters. The van der Waals surface area contributed by atoms with Crippen molar-refractivity contribution in [3.05, 3.63) is 54.6 Å². The van der Waals surface area contributed by atoms with Crippen LogP contribution in [0.3, 0.4) is 0 Å². The highest BCUT2D eigenvalue weighted by Crippen LogP contribution is 2.22. The summed E-state index contributed by atoms with van der Waals surface area (Å²) in [4.78, 5) is 2.27. The Morgan fingerprint density at radius 1 is 0.852 bits per heavy atom. The predicted octanol–water partition coefficient (Wildman–Crippen LogP) is 5.96. The number of likely N-dealkylation sites (N-methyl/N-ethyl adjacent to an activating group) is 1. The van der Waals surface area contributed by atoms with Gasteiger partial charge in [-0.3, -0.25) is 0 Å². The molecule has 0 N–H and O–H groups in total. The zero-order valence-electron chi connectivity index (χ0n) is 16.8. The normalized spacial score (nSPS) is 12.6. The number of benzene rings is 2. The first-order valence-electron chi connectivity index (χ1n) is 9.63. The average Bonchev–Trinajstić information content (AvgIpc) is 2.69. The minimum Gasteiger partial charge on any atom is -0.369 e. The van der Waals surface area contributed by atoms with Crippen molar-refractivity contribution in [1.29, 1.82) is 0 Å². The van der Waals surface area contributed by atoms with Crippen LogP contribution in [0.1, 0.15) is 27.7 Å². The van der Waals surface area contributed by atoms with E-state index in [9.17, 15) is 0 Å². The van der Waals surface area contributed by atoms with Gasteiger partial charge in [0.25, 0.3) is 0 Å². The third-order valence-electron chi connectivity index (χ3n) is 4.01. The van der Waals surface area contributed by atoms with Crippen LogP contribution in [0.5, 0.6) is 0 Å². The molecular weight excluding hydrogens is 338 g/mol. The van der Waals surface area contributed by atoms with E-state index >= 15 is 0 Å². The number of rotatable bonds is 11. The molecule has 0 fully saturated rings. The summed E-state index contributed by atoms with van der Waals surface area (Å²) in [6.07, 6.45) is -0.174. The van der Waals surface area contributed by atoms with Gasteiger partial charge in [0.15, 0.2) is 6.29 Å². The number of hydrogen-bond acceptors (Lipinski definition) is 5. The van der Waals surface area contributed by atoms with Gasteiger partial charge in [-0.1, -0.05) is 32.0 Å². The topological polar surface area (TPSA) is 46.4 Å². The van der Waals surface area contributed by atoms with Crippen LogP contribution in [-0.2, 0) is 9.47 Å². The lowest BCUT2D eigenvalue weighted by Crippen LogP contribution is -2.29. The molecule has 0 aliphatic heterocycles. The molecule has 0 unspecified atom stereocenters. The summed E-state index contributed by atoms with van der Waals surface area (Å²) in [6, 6.07) is 17.8. The number of nitrogens with zero attached hydrogens (tertiary/aromatic N) is 3. The second-order valence-corrected chi connectivity index (χ2v) is 6.80. The van der Waals surface area contributed by atoms with Crippen LogP contribution >= 0.6 is 0 Å². The Kier molecular flexibility index (Phi) is 8.95. The van der Waals surface area contributed by atoms with Gasteiger partial charge in [-0.25, -0.2) is 0 Å². The highest BCUT2D eigenvalue weighted by molar-refractivity contribution is 5.52. The highest BCUT2D eigenvalue weighted by Gasteiger charge is 2.07. The van der Waals surface area contributed by atoms with Gasteiger partial charge in [0.2, 0.25) is 0 Å². The Morgan fingerprint density at radius 2 is 1.48 bits per heavy atom. The number of anilines is 1. The number of hydrogen-bond donors (Lipinski definition) is 0. The Labute approximate surface area is 163 Å². The molecule has 2 aromatic rings. The van der Waals surface area contributed by atoms with Gasteiger partial charge in [0, 0.05) is 18.8 Å². The molecule has 0 amide bonds. The Morgan fingerprint density at radius 3 is 2.07 bits per heavy atom. The molecule has 146 valence electrons. The summed E-state index contributed by atoms with van der Waals surface area (Å²) in [5, 5.41) is 8.54. The largest absolute Gasteiger partial charge is 0.369 e. The van der Waals surface area contributed by atoms with Crippen molar-refractivity contribution in [3.63, 3.8) is 0 Å². The first-order chi connectivity index (χ1) is 13.1. The zero-order valence-corrected chi connectivity index (χ0v) is 16.8. The van der Waals surface area contributed by atoms with Crippen LogP contribution < -0.4 is 4.90 Å². The van der Waals surface area contributed by atoms with Crippen LogP contribution in [0.4, 0.5) is 17.1 Å². The van der Waals surface area contributed by atoms with Crippen LogP contribution in [0, 0.1) is 5.92 Å². The number of azo groups is 1. The summed E-state index contributed by atoms with van der Waals surface area (Å²) in [6.45, 7) is 11.4. The molecule has 0 aliphatic rings. The van der Waals surface area contributed by atoms with Crippen molar-refractivity contribution in [2.24, 2.45) is 16.1 Å². The van der Waals surface area contributed by atoms with Gasteiger partial charge in [0.05, 0.1) is 24.6 Å². The van der Waals surface area contributed by atoms with Gasteiger partial charge >= 0.3 is 0 Å².